The number of rotatable bonds is 6. The first-order chi connectivity index (χ1) is 13.1. The summed E-state index contributed by atoms with van der Waals surface area (Å²) in [6, 6.07) is 1.71. The second-order valence-electron chi connectivity index (χ2n) is 7.00. The number of carbonyl (C=O) groups excluding carboxylic acids is 2. The number of aliphatic carboxylic acids is 1. The minimum atomic E-state index is -1.81. The molecule has 3 heterocycles. The number of fused-ring (bicyclic) bond motifs is 1. The van der Waals surface area contributed by atoms with Crippen molar-refractivity contribution >= 4 is 52.6 Å². The summed E-state index contributed by atoms with van der Waals surface area (Å²) in [5, 5.41) is 22.8. The van der Waals surface area contributed by atoms with E-state index in [1.165, 1.54) is 28.0 Å². The van der Waals surface area contributed by atoms with Crippen molar-refractivity contribution in [1.82, 2.24) is 10.2 Å². The zero-order valence-electron chi connectivity index (χ0n) is 15.5. The van der Waals surface area contributed by atoms with E-state index in [0.29, 0.717) is 4.88 Å². The van der Waals surface area contributed by atoms with Crippen molar-refractivity contribution in [2.75, 3.05) is 5.75 Å². The summed E-state index contributed by atoms with van der Waals surface area (Å²) in [5.74, 6) is -1.66. The van der Waals surface area contributed by atoms with Crippen LogP contribution in [-0.2, 0) is 14.4 Å². The molecule has 1 aromatic rings. The molecule has 4 N–H and O–H groups in total. The quantitative estimate of drug-likeness (QED) is 0.446. The van der Waals surface area contributed by atoms with Crippen LogP contribution in [0.2, 0.25) is 0 Å². The molecule has 0 bridgehead atoms. The van der Waals surface area contributed by atoms with E-state index < -0.39 is 45.5 Å². The molecule has 8 nitrogen and oxygen atoms in total. The number of carbonyl (C=O) groups is 3. The monoisotopic (exact) mass is 440 g/mol. The lowest BCUT2D eigenvalue weighted by Crippen LogP contribution is -2.79. The van der Waals surface area contributed by atoms with E-state index in [9.17, 15) is 24.8 Å². The maximum absolute atomic E-state index is 12.8. The van der Waals surface area contributed by atoms with Crippen molar-refractivity contribution in [2.45, 2.75) is 53.4 Å². The number of nitrogens with two attached hydrogens (primary N) is 1. The second-order valence-corrected chi connectivity index (χ2v) is 11.0. The second kappa shape index (κ2) is 7.26. The van der Waals surface area contributed by atoms with Crippen LogP contribution in [0.4, 0.5) is 0 Å². The van der Waals surface area contributed by atoms with Gasteiger partial charge in [0.1, 0.15) is 23.5 Å². The Morgan fingerprint density at radius 1 is 1.54 bits per heavy atom. The van der Waals surface area contributed by atoms with Gasteiger partial charge in [-0.2, -0.15) is 5.26 Å². The maximum Gasteiger partial charge on any atom is 0.327 e. The molecular weight excluding hydrogens is 420 g/mol. The van der Waals surface area contributed by atoms with Gasteiger partial charge < -0.3 is 21.1 Å². The number of thiophene rings is 1. The number of hydrogen-bond donors (Lipinski definition) is 3. The van der Waals surface area contributed by atoms with E-state index >= 15 is 0 Å². The lowest BCUT2D eigenvalue weighted by Gasteiger charge is -2.49. The van der Waals surface area contributed by atoms with Gasteiger partial charge in [0.05, 0.1) is 0 Å². The van der Waals surface area contributed by atoms with Gasteiger partial charge in [-0.1, -0.05) is 6.92 Å². The summed E-state index contributed by atoms with van der Waals surface area (Å²) in [6.07, 6.45) is 0. The Hall–Kier alpha value is -1.74. The van der Waals surface area contributed by atoms with Crippen LogP contribution < -0.4 is 11.1 Å². The van der Waals surface area contributed by atoms with Crippen LogP contribution in [-0.4, -0.2) is 55.2 Å². The van der Waals surface area contributed by atoms with E-state index in [2.05, 4.69) is 5.32 Å². The van der Waals surface area contributed by atoms with Crippen LogP contribution in [0.15, 0.2) is 16.3 Å². The molecule has 11 heteroatoms. The summed E-state index contributed by atoms with van der Waals surface area (Å²) in [7, 11) is 0. The molecule has 0 aromatic carbocycles. The molecule has 150 valence electrons. The summed E-state index contributed by atoms with van der Waals surface area (Å²) in [4.78, 5) is 39.9. The number of nitrogens with one attached hydrogen (secondary N) is 1. The van der Waals surface area contributed by atoms with E-state index in [4.69, 9.17) is 5.73 Å². The Labute approximate surface area is 174 Å². The first kappa shape index (κ1) is 21.0. The zero-order valence-corrected chi connectivity index (χ0v) is 17.9. The highest BCUT2D eigenvalue weighted by Gasteiger charge is 2.73. The first-order valence-corrected chi connectivity index (χ1v) is 11.3. The average molecular weight is 441 g/mol. The molecule has 0 aliphatic carbocycles. The van der Waals surface area contributed by atoms with Gasteiger partial charge in [0.15, 0.2) is 0 Å². The fourth-order valence-corrected chi connectivity index (χ4v) is 7.09. The standard InChI is InChI=1S/C17H20N4O4S3/c1-4-26-8-5-6-27-10(8)9(19)12(22)20-17(7-18)14(25)21-11(13(23)24)16(2,3)28-15(17)21/h5-6,9,11,15H,4,19H2,1-3H3,(H,20,22)(H,23,24)/t9?,11-,15+,17-/m0/s1. The molecule has 1 aromatic heterocycles. The molecule has 2 saturated heterocycles. The van der Waals surface area contributed by atoms with Gasteiger partial charge in [-0.05, 0) is 31.0 Å². The summed E-state index contributed by atoms with van der Waals surface area (Å²) < 4.78 is -0.795. The van der Waals surface area contributed by atoms with Gasteiger partial charge in [-0.15, -0.1) is 34.9 Å². The maximum atomic E-state index is 12.8. The Morgan fingerprint density at radius 3 is 2.79 bits per heavy atom. The number of carboxylic acids is 1. The lowest BCUT2D eigenvalue weighted by molar-refractivity contribution is -0.165. The molecule has 0 spiro atoms. The largest absolute Gasteiger partial charge is 0.480 e. The number of β-lactam (4-membered cyclic amide) rings is 1. The summed E-state index contributed by atoms with van der Waals surface area (Å²) in [5.41, 5.74) is 4.31. The van der Waals surface area contributed by atoms with Gasteiger partial charge in [-0.25, -0.2) is 4.79 Å². The minimum absolute atomic E-state index is 0.632. The number of nitriles is 1. The third-order valence-electron chi connectivity index (χ3n) is 4.80. The number of carboxylic acid groups (broad SMARTS) is 1. The fourth-order valence-electron chi connectivity index (χ4n) is 3.51. The molecule has 2 amide bonds. The predicted octanol–water partition coefficient (Wildman–Crippen LogP) is 1.39. The van der Waals surface area contributed by atoms with Crippen molar-refractivity contribution in [2.24, 2.45) is 5.73 Å². The third-order valence-corrected chi connectivity index (χ3v) is 8.52. The number of nitrogens with zero attached hydrogens (tertiary/aromatic N) is 2. The Kier molecular flexibility index (Phi) is 5.44. The number of hydrogen-bond acceptors (Lipinski definition) is 8. The molecular formula is C17H20N4O4S3. The van der Waals surface area contributed by atoms with Crippen LogP contribution in [0.3, 0.4) is 0 Å². The van der Waals surface area contributed by atoms with Gasteiger partial charge >= 0.3 is 5.97 Å². The fraction of sp³-hybridized carbons (Fsp3) is 0.529. The molecule has 3 rings (SSSR count). The van der Waals surface area contributed by atoms with Crippen molar-refractivity contribution in [3.05, 3.63) is 16.3 Å². The average Bonchev–Trinajstić information content (AvgIpc) is 3.19. The minimum Gasteiger partial charge on any atom is -0.480 e. The lowest BCUT2D eigenvalue weighted by atomic mass is 9.85. The van der Waals surface area contributed by atoms with E-state index in [-0.39, 0.29) is 0 Å². The molecule has 1 unspecified atom stereocenters. The molecule has 0 radical (unpaired) electrons. The number of thioether (sulfide) groups is 2. The van der Waals surface area contributed by atoms with Crippen LogP contribution >= 0.6 is 34.9 Å². The zero-order chi connectivity index (χ0) is 20.9. The van der Waals surface area contributed by atoms with Crippen molar-refractivity contribution in [3.8, 4) is 6.07 Å². The highest BCUT2D eigenvalue weighted by atomic mass is 32.2. The highest BCUT2D eigenvalue weighted by molar-refractivity contribution is 8.01. The van der Waals surface area contributed by atoms with Crippen LogP contribution in [0.25, 0.3) is 0 Å². The van der Waals surface area contributed by atoms with Crippen molar-refractivity contribution in [3.63, 3.8) is 0 Å². The van der Waals surface area contributed by atoms with Crippen LogP contribution in [0.1, 0.15) is 31.7 Å². The molecule has 0 saturated carbocycles. The molecule has 2 aliphatic heterocycles. The normalized spacial score (nSPS) is 28.8. The third kappa shape index (κ3) is 2.99. The topological polar surface area (TPSA) is 137 Å². The van der Waals surface area contributed by atoms with Crippen molar-refractivity contribution in [1.29, 1.82) is 5.26 Å². The van der Waals surface area contributed by atoms with Crippen LogP contribution in [0.5, 0.6) is 0 Å². The first-order valence-electron chi connectivity index (χ1n) is 8.53. The van der Waals surface area contributed by atoms with Crippen LogP contribution in [0, 0.1) is 11.3 Å². The Balaban J connectivity index is 1.84. The molecule has 4 atom stereocenters. The number of amides is 2. The highest BCUT2D eigenvalue weighted by Crippen LogP contribution is 2.54. The van der Waals surface area contributed by atoms with Gasteiger partial charge in [0.2, 0.25) is 11.4 Å². The summed E-state index contributed by atoms with van der Waals surface area (Å²) in [6.45, 7) is 5.40. The SMILES string of the molecule is CCSc1ccsc1C(N)C(=O)N[C@@]1(C#N)C(=O)N2[C@@H](C(=O)O)C(C)(C)S[C@@H]21. The van der Waals surface area contributed by atoms with E-state index in [1.54, 1.807) is 25.6 Å². The summed E-state index contributed by atoms with van der Waals surface area (Å²) >= 11 is 4.10. The van der Waals surface area contributed by atoms with Gasteiger partial charge in [-0.3, -0.25) is 9.59 Å². The van der Waals surface area contributed by atoms with Gasteiger partial charge in [0, 0.05) is 14.5 Å². The molecule has 28 heavy (non-hydrogen) atoms. The predicted molar refractivity (Wildman–Crippen MR) is 108 cm³/mol. The molecule has 2 fully saturated rings. The Morgan fingerprint density at radius 2 is 2.21 bits per heavy atom. The Bertz CT molecular complexity index is 880. The van der Waals surface area contributed by atoms with Gasteiger partial charge in [0.25, 0.3) is 5.91 Å². The van der Waals surface area contributed by atoms with E-state index in [1.807, 2.05) is 24.4 Å². The van der Waals surface area contributed by atoms with Crippen molar-refractivity contribution < 1.29 is 19.5 Å². The molecule has 2 aliphatic rings. The smallest absolute Gasteiger partial charge is 0.327 e. The van der Waals surface area contributed by atoms with E-state index in [0.717, 1.165) is 10.6 Å².